The maximum absolute atomic E-state index is 5.28. The van der Waals surface area contributed by atoms with E-state index in [1.54, 1.807) is 7.11 Å². The van der Waals surface area contributed by atoms with Crippen LogP contribution >= 0.6 is 0 Å². The number of hydrogen-bond acceptors (Lipinski definition) is 3. The van der Waals surface area contributed by atoms with Crippen molar-refractivity contribution in [2.24, 2.45) is 0 Å². The number of ether oxygens (including phenoxy) is 1. The van der Waals surface area contributed by atoms with Gasteiger partial charge in [-0.05, 0) is 25.5 Å². The van der Waals surface area contributed by atoms with Gasteiger partial charge in [-0.2, -0.15) is 0 Å². The Hall–Kier alpha value is -1.51. The topological polar surface area (TPSA) is 35.3 Å². The van der Waals surface area contributed by atoms with Gasteiger partial charge in [0.15, 0.2) is 12.0 Å². The van der Waals surface area contributed by atoms with Crippen molar-refractivity contribution in [3.05, 3.63) is 23.6 Å². The maximum atomic E-state index is 5.28. The molecule has 0 radical (unpaired) electrons. The van der Waals surface area contributed by atoms with Crippen LogP contribution in [0.5, 0.6) is 5.75 Å². The first-order chi connectivity index (χ1) is 6.24. The molecule has 0 bridgehead atoms. The molecule has 1 aromatic heterocycles. The third-order valence-electron chi connectivity index (χ3n) is 2.22. The third-order valence-corrected chi connectivity index (χ3v) is 2.22. The van der Waals surface area contributed by atoms with Crippen LogP contribution in [0.1, 0.15) is 11.1 Å². The van der Waals surface area contributed by atoms with Gasteiger partial charge in [0.05, 0.1) is 7.11 Å². The van der Waals surface area contributed by atoms with Gasteiger partial charge < -0.3 is 9.15 Å². The average Bonchev–Trinajstić information content (AvgIpc) is 2.60. The van der Waals surface area contributed by atoms with Crippen molar-refractivity contribution in [1.29, 1.82) is 0 Å². The van der Waals surface area contributed by atoms with Gasteiger partial charge in [0.25, 0.3) is 0 Å². The average molecular weight is 177 g/mol. The van der Waals surface area contributed by atoms with Crippen LogP contribution in [-0.4, -0.2) is 12.1 Å². The van der Waals surface area contributed by atoms with Crippen molar-refractivity contribution >= 4 is 11.1 Å². The third kappa shape index (κ3) is 1.08. The van der Waals surface area contributed by atoms with Gasteiger partial charge in [0.1, 0.15) is 11.3 Å². The molecule has 0 saturated heterocycles. The van der Waals surface area contributed by atoms with Crippen LogP contribution < -0.4 is 4.74 Å². The molecule has 0 amide bonds. The summed E-state index contributed by atoms with van der Waals surface area (Å²) in [5.74, 6) is 0.849. The number of methoxy groups -OCH3 is 1. The normalized spacial score (nSPS) is 10.7. The molecule has 3 heteroatoms. The molecular weight excluding hydrogens is 166 g/mol. The van der Waals surface area contributed by atoms with Crippen molar-refractivity contribution in [3.8, 4) is 5.75 Å². The van der Waals surface area contributed by atoms with Gasteiger partial charge in [0.2, 0.25) is 0 Å². The molecule has 0 fully saturated rings. The molecule has 13 heavy (non-hydrogen) atoms. The first-order valence-corrected chi connectivity index (χ1v) is 4.11. The lowest BCUT2D eigenvalue weighted by molar-refractivity contribution is 0.411. The van der Waals surface area contributed by atoms with Crippen molar-refractivity contribution < 1.29 is 9.15 Å². The number of aryl methyl sites for hydroxylation is 2. The van der Waals surface area contributed by atoms with E-state index in [1.165, 1.54) is 6.39 Å². The number of benzene rings is 1. The van der Waals surface area contributed by atoms with Crippen LogP contribution in [0.25, 0.3) is 11.1 Å². The molecule has 0 aliphatic rings. The summed E-state index contributed by atoms with van der Waals surface area (Å²) in [6.07, 6.45) is 1.46. The number of fused-ring (bicyclic) bond motifs is 1. The summed E-state index contributed by atoms with van der Waals surface area (Å²) < 4.78 is 10.5. The Morgan fingerprint density at radius 2 is 2.15 bits per heavy atom. The minimum Gasteiger partial charge on any atom is -0.496 e. The largest absolute Gasteiger partial charge is 0.496 e. The smallest absolute Gasteiger partial charge is 0.182 e. The molecular formula is C10H11NO2. The fourth-order valence-corrected chi connectivity index (χ4v) is 1.49. The lowest BCUT2D eigenvalue weighted by atomic mass is 10.1. The highest BCUT2D eigenvalue weighted by molar-refractivity contribution is 5.81. The zero-order chi connectivity index (χ0) is 9.42. The minimum absolute atomic E-state index is 0.817. The molecule has 0 aliphatic heterocycles. The van der Waals surface area contributed by atoms with Gasteiger partial charge >= 0.3 is 0 Å². The molecule has 0 N–H and O–H groups in total. The van der Waals surface area contributed by atoms with Crippen LogP contribution in [0.4, 0.5) is 0 Å². The van der Waals surface area contributed by atoms with Gasteiger partial charge in [-0.25, -0.2) is 4.98 Å². The number of nitrogens with zero attached hydrogens (tertiary/aromatic N) is 1. The van der Waals surface area contributed by atoms with E-state index in [9.17, 15) is 0 Å². The van der Waals surface area contributed by atoms with E-state index in [1.807, 2.05) is 19.9 Å². The standard InChI is InChI=1S/C10H11NO2/c1-6-4-8(12-3)7(2)10-9(6)11-5-13-10/h4-5H,1-3H3. The fourth-order valence-electron chi connectivity index (χ4n) is 1.49. The first-order valence-electron chi connectivity index (χ1n) is 4.11. The molecule has 68 valence electrons. The monoisotopic (exact) mass is 177 g/mol. The van der Waals surface area contributed by atoms with E-state index in [0.29, 0.717) is 0 Å². The second-order valence-electron chi connectivity index (χ2n) is 3.05. The second-order valence-corrected chi connectivity index (χ2v) is 3.05. The predicted octanol–water partition coefficient (Wildman–Crippen LogP) is 2.45. The zero-order valence-corrected chi connectivity index (χ0v) is 7.92. The lowest BCUT2D eigenvalue weighted by Gasteiger charge is -2.05. The van der Waals surface area contributed by atoms with E-state index in [2.05, 4.69) is 4.98 Å². The SMILES string of the molecule is COc1cc(C)c2ncoc2c1C. The quantitative estimate of drug-likeness (QED) is 0.671. The van der Waals surface area contributed by atoms with E-state index >= 15 is 0 Å². The highest BCUT2D eigenvalue weighted by atomic mass is 16.5. The Morgan fingerprint density at radius 3 is 2.85 bits per heavy atom. The van der Waals surface area contributed by atoms with Crippen LogP contribution in [0.15, 0.2) is 16.9 Å². The minimum atomic E-state index is 0.817. The van der Waals surface area contributed by atoms with Crippen molar-refractivity contribution in [2.45, 2.75) is 13.8 Å². The second kappa shape index (κ2) is 2.76. The summed E-state index contributed by atoms with van der Waals surface area (Å²) in [4.78, 5) is 4.13. The van der Waals surface area contributed by atoms with Gasteiger partial charge in [-0.3, -0.25) is 0 Å². The molecule has 2 aromatic rings. The zero-order valence-electron chi connectivity index (χ0n) is 7.92. The maximum Gasteiger partial charge on any atom is 0.182 e. The summed E-state index contributed by atoms with van der Waals surface area (Å²) in [7, 11) is 1.66. The Bertz CT molecular complexity index is 445. The molecule has 1 heterocycles. The predicted molar refractivity (Wildman–Crippen MR) is 50.0 cm³/mol. The summed E-state index contributed by atoms with van der Waals surface area (Å²) in [6.45, 7) is 3.96. The summed E-state index contributed by atoms with van der Waals surface area (Å²) >= 11 is 0. The van der Waals surface area contributed by atoms with Crippen LogP contribution in [0.3, 0.4) is 0 Å². The Balaban J connectivity index is 2.85. The number of hydrogen-bond donors (Lipinski definition) is 0. The van der Waals surface area contributed by atoms with Crippen molar-refractivity contribution in [1.82, 2.24) is 4.98 Å². The highest BCUT2D eigenvalue weighted by Gasteiger charge is 2.10. The molecule has 2 rings (SSSR count). The first kappa shape index (κ1) is 8.10. The number of rotatable bonds is 1. The molecule has 0 spiro atoms. The molecule has 1 aromatic carbocycles. The van der Waals surface area contributed by atoms with Crippen molar-refractivity contribution in [3.63, 3.8) is 0 Å². The van der Waals surface area contributed by atoms with Crippen LogP contribution in [-0.2, 0) is 0 Å². The van der Waals surface area contributed by atoms with Gasteiger partial charge in [0, 0.05) is 5.56 Å². The molecule has 3 nitrogen and oxygen atoms in total. The number of oxazole rings is 1. The van der Waals surface area contributed by atoms with Crippen molar-refractivity contribution in [2.75, 3.05) is 7.11 Å². The molecule has 0 aliphatic carbocycles. The summed E-state index contributed by atoms with van der Waals surface area (Å²) in [6, 6.07) is 1.97. The highest BCUT2D eigenvalue weighted by Crippen LogP contribution is 2.29. The van der Waals surface area contributed by atoms with E-state index in [4.69, 9.17) is 9.15 Å². The van der Waals surface area contributed by atoms with E-state index in [-0.39, 0.29) is 0 Å². The van der Waals surface area contributed by atoms with Crippen LogP contribution in [0.2, 0.25) is 0 Å². The van der Waals surface area contributed by atoms with Gasteiger partial charge in [-0.15, -0.1) is 0 Å². The summed E-state index contributed by atoms with van der Waals surface area (Å²) in [5, 5.41) is 0. The molecule has 0 atom stereocenters. The van der Waals surface area contributed by atoms with Crippen LogP contribution in [0, 0.1) is 13.8 Å². The van der Waals surface area contributed by atoms with E-state index in [0.717, 1.165) is 28.0 Å². The fraction of sp³-hybridized carbons (Fsp3) is 0.300. The molecule has 0 unspecified atom stereocenters. The number of aromatic nitrogens is 1. The lowest BCUT2D eigenvalue weighted by Crippen LogP contribution is -1.89. The Morgan fingerprint density at radius 1 is 1.38 bits per heavy atom. The van der Waals surface area contributed by atoms with E-state index < -0.39 is 0 Å². The Labute approximate surface area is 76.3 Å². The molecule has 0 saturated carbocycles. The summed E-state index contributed by atoms with van der Waals surface area (Å²) in [5.41, 5.74) is 3.81. The van der Waals surface area contributed by atoms with Gasteiger partial charge in [-0.1, -0.05) is 0 Å². The Kier molecular flexibility index (Phi) is 1.72.